The third-order valence-corrected chi connectivity index (χ3v) is 18.1. The fourth-order valence-corrected chi connectivity index (χ4v) is 34.5. The molecule has 0 atom stereocenters. The Labute approximate surface area is 81.0 Å². The molecule has 0 fully saturated rings. The molecule has 2 heteroatoms. The van der Waals surface area contributed by atoms with Gasteiger partial charge in [0.05, 0.1) is 0 Å². The van der Waals surface area contributed by atoms with E-state index in [2.05, 4.69) is 34.8 Å². The Morgan fingerprint density at radius 3 is 1.64 bits per heavy atom. The van der Waals surface area contributed by atoms with Crippen molar-refractivity contribution in [2.45, 2.75) is 32.2 Å². The molecule has 0 amide bonds. The molecular formula is C9H22PbSn. The number of hydrogen-bond acceptors (Lipinski definition) is 0. The van der Waals surface area contributed by atoms with Crippen molar-refractivity contribution in [2.75, 3.05) is 0 Å². The van der Waals surface area contributed by atoms with Gasteiger partial charge in [0.2, 0.25) is 0 Å². The molecule has 0 nitrogen and oxygen atoms in total. The van der Waals surface area contributed by atoms with Crippen LogP contribution in [0.25, 0.3) is 0 Å². The normalized spacial score (nSPS) is 13.3. The first-order chi connectivity index (χ1) is 4.63. The summed E-state index contributed by atoms with van der Waals surface area (Å²) in [5, 5.41) is 0. The van der Waals surface area contributed by atoms with Crippen molar-refractivity contribution in [1.29, 1.82) is 0 Å². The molecule has 0 heterocycles. The fraction of sp³-hybridized carbons (Fsp3) is 0.778. The third-order valence-electron chi connectivity index (χ3n) is 1.80. The summed E-state index contributed by atoms with van der Waals surface area (Å²) in [6.45, 7) is 4.26. The Bertz CT molecular complexity index is 148. The Balaban J connectivity index is 4.11. The van der Waals surface area contributed by atoms with Crippen LogP contribution >= 0.6 is 0 Å². The molecule has 0 spiro atoms. The van der Waals surface area contributed by atoms with E-state index >= 15 is 0 Å². The first kappa shape index (κ1) is 12.5. The summed E-state index contributed by atoms with van der Waals surface area (Å²) in [5.41, 5.74) is 0. The molecule has 0 unspecified atom stereocenters. The van der Waals surface area contributed by atoms with Crippen LogP contribution in [0.3, 0.4) is 0 Å². The Morgan fingerprint density at radius 1 is 1.18 bits per heavy atom. The average molecular weight is 456 g/mol. The van der Waals surface area contributed by atoms with Crippen LogP contribution < -0.4 is 0 Å². The minimum absolute atomic E-state index is 1.44. The van der Waals surface area contributed by atoms with E-state index < -0.39 is 39.5 Å². The predicted molar refractivity (Wildman–Crippen MR) is 60.6 cm³/mol. The molecule has 0 aliphatic carbocycles. The molecule has 0 saturated heterocycles. The van der Waals surface area contributed by atoms with Crippen molar-refractivity contribution >= 4 is 39.5 Å². The van der Waals surface area contributed by atoms with E-state index in [4.69, 9.17) is 0 Å². The summed E-state index contributed by atoms with van der Waals surface area (Å²) in [6.07, 6.45) is 0. The summed E-state index contributed by atoms with van der Waals surface area (Å²) in [5.74, 6) is 0. The number of rotatable bonds is 3. The molecule has 0 aromatic carbocycles. The van der Waals surface area contributed by atoms with Crippen molar-refractivity contribution in [2.24, 2.45) is 0 Å². The van der Waals surface area contributed by atoms with Gasteiger partial charge in [0.25, 0.3) is 0 Å². The molecule has 0 saturated carbocycles. The van der Waals surface area contributed by atoms with Crippen LogP contribution in [0.2, 0.25) is 32.2 Å². The molecule has 66 valence electrons. The minimum atomic E-state index is -1.69. The van der Waals surface area contributed by atoms with E-state index in [-0.39, 0.29) is 0 Å². The van der Waals surface area contributed by atoms with Crippen molar-refractivity contribution in [1.82, 2.24) is 0 Å². The Kier molecular flexibility index (Phi) is 4.66. The zero-order chi connectivity index (χ0) is 9.28. The maximum absolute atomic E-state index is 4.26. The quantitative estimate of drug-likeness (QED) is 0.568. The van der Waals surface area contributed by atoms with Crippen LogP contribution in [0.1, 0.15) is 0 Å². The summed E-state index contributed by atoms with van der Waals surface area (Å²) in [4.78, 5) is 7.41. The van der Waals surface area contributed by atoms with Gasteiger partial charge in [-0.1, -0.05) is 0 Å². The first-order valence-electron chi connectivity index (χ1n) is 4.31. The van der Waals surface area contributed by atoms with E-state index in [9.17, 15) is 0 Å². The van der Waals surface area contributed by atoms with Crippen molar-refractivity contribution < 1.29 is 0 Å². The molecule has 11 heavy (non-hydrogen) atoms. The van der Waals surface area contributed by atoms with E-state index in [1.54, 1.807) is 3.59 Å². The fourth-order valence-electron chi connectivity index (χ4n) is 0.905. The van der Waals surface area contributed by atoms with Gasteiger partial charge in [-0.25, -0.2) is 0 Å². The molecule has 0 aliphatic rings. The standard InChI is InChI=1S/C3H4.6CH3.Pb.Sn/c1-3-2;;;;;;;;/h1-2H2;6*1H3;;. The van der Waals surface area contributed by atoms with Crippen LogP contribution in [-0.2, 0) is 0 Å². The zero-order valence-electron chi connectivity index (χ0n) is 8.91. The van der Waals surface area contributed by atoms with Gasteiger partial charge >= 0.3 is 82.0 Å². The molecule has 0 rings (SSSR count). The zero-order valence-corrected chi connectivity index (χ0v) is 15.7. The molecule has 0 bridgehead atoms. The molecule has 0 aliphatic heterocycles. The summed E-state index contributed by atoms with van der Waals surface area (Å²) < 4.78 is 10.6. The molecule has 0 aromatic heterocycles. The second-order valence-corrected chi connectivity index (χ2v) is 41.7. The van der Waals surface area contributed by atoms with Crippen LogP contribution in [0.4, 0.5) is 0 Å². The molecular weight excluding hydrogens is 434 g/mol. The van der Waals surface area contributed by atoms with Gasteiger partial charge in [0.15, 0.2) is 0 Å². The topological polar surface area (TPSA) is 0 Å². The predicted octanol–water partition coefficient (Wildman–Crippen LogP) is 3.76. The van der Waals surface area contributed by atoms with Crippen LogP contribution in [0, 0.1) is 0 Å². The first-order valence-corrected chi connectivity index (χ1v) is 28.7. The van der Waals surface area contributed by atoms with E-state index in [0.717, 1.165) is 0 Å². The summed E-state index contributed by atoms with van der Waals surface area (Å²) in [6, 6.07) is 0. The molecule has 0 aromatic rings. The van der Waals surface area contributed by atoms with Gasteiger partial charge < -0.3 is 0 Å². The van der Waals surface area contributed by atoms with Crippen LogP contribution in [-0.4, -0.2) is 39.5 Å². The van der Waals surface area contributed by atoms with E-state index in [1.165, 1.54) is 3.98 Å². The Hall–Kier alpha value is 1.46. The number of allylic oxidation sites excluding steroid dienone is 1. The monoisotopic (exact) mass is 458 g/mol. The van der Waals surface area contributed by atoms with Gasteiger partial charge in [-0.2, -0.15) is 0 Å². The van der Waals surface area contributed by atoms with Gasteiger partial charge in [0.1, 0.15) is 0 Å². The van der Waals surface area contributed by atoms with Gasteiger partial charge in [-0.15, -0.1) is 0 Å². The Morgan fingerprint density at radius 2 is 1.55 bits per heavy atom. The molecule has 0 N–H and O–H groups in total. The maximum atomic E-state index is 4.26. The third kappa shape index (κ3) is 6.61. The second-order valence-electron chi connectivity index (χ2n) is 5.59. The van der Waals surface area contributed by atoms with Crippen LogP contribution in [0.15, 0.2) is 10.2 Å². The van der Waals surface area contributed by atoms with E-state index in [1.807, 2.05) is 0 Å². The van der Waals surface area contributed by atoms with E-state index in [0.29, 0.717) is 0 Å². The molecule has 0 radical (unpaired) electrons. The number of hydrogen-bond donors (Lipinski definition) is 0. The van der Waals surface area contributed by atoms with Crippen LogP contribution in [0.5, 0.6) is 0 Å². The van der Waals surface area contributed by atoms with Gasteiger partial charge in [-0.3, -0.25) is 0 Å². The second kappa shape index (κ2) is 4.11. The summed E-state index contributed by atoms with van der Waals surface area (Å²) >= 11 is -3.36. The SMILES string of the molecule is C=[C]([CH2][Pb]([CH3])([CH3])[CH3])[Sn]([CH3])([CH3])[CH3]. The summed E-state index contributed by atoms with van der Waals surface area (Å²) in [7, 11) is 0. The van der Waals surface area contributed by atoms with Gasteiger partial charge in [-0.05, 0) is 0 Å². The van der Waals surface area contributed by atoms with Gasteiger partial charge in [0, 0.05) is 0 Å². The van der Waals surface area contributed by atoms with Crippen molar-refractivity contribution in [3.05, 3.63) is 10.2 Å². The average Bonchev–Trinajstić information content (AvgIpc) is 1.56. The van der Waals surface area contributed by atoms with Crippen molar-refractivity contribution in [3.8, 4) is 0 Å². The van der Waals surface area contributed by atoms with Crippen molar-refractivity contribution in [3.63, 3.8) is 0 Å².